The summed E-state index contributed by atoms with van der Waals surface area (Å²) in [5, 5.41) is 4.76. The van der Waals surface area contributed by atoms with Crippen LogP contribution in [0.3, 0.4) is 0 Å². The predicted octanol–water partition coefficient (Wildman–Crippen LogP) is 2.86. The van der Waals surface area contributed by atoms with E-state index in [2.05, 4.69) is 21.3 Å². The first-order chi connectivity index (χ1) is 10.3. The molecule has 110 valence electrons. The number of hydrogen-bond acceptors (Lipinski definition) is 4. The summed E-state index contributed by atoms with van der Waals surface area (Å²) in [6.07, 6.45) is 7.03. The maximum Gasteiger partial charge on any atom is 0.0953 e. The van der Waals surface area contributed by atoms with Crippen LogP contribution in [0.5, 0.6) is 0 Å². The van der Waals surface area contributed by atoms with E-state index in [9.17, 15) is 0 Å². The average Bonchev–Trinajstić information content (AvgIpc) is 2.98. The third-order valence-corrected chi connectivity index (χ3v) is 4.98. The van der Waals surface area contributed by atoms with E-state index in [0.29, 0.717) is 6.04 Å². The minimum absolute atomic E-state index is 0.554. The van der Waals surface area contributed by atoms with Crippen molar-refractivity contribution in [3.05, 3.63) is 30.5 Å². The number of nitrogens with zero attached hydrogens (tertiary/aromatic N) is 2. The van der Waals surface area contributed by atoms with Gasteiger partial charge in [-0.05, 0) is 56.5 Å². The first kappa shape index (κ1) is 12.9. The third kappa shape index (κ3) is 2.33. The van der Waals surface area contributed by atoms with Gasteiger partial charge in [0.25, 0.3) is 0 Å². The predicted molar refractivity (Wildman–Crippen MR) is 87.4 cm³/mol. The number of nitrogens with two attached hydrogens (primary N) is 1. The zero-order valence-electron chi connectivity index (χ0n) is 12.3. The number of nitrogens with one attached hydrogen (secondary N) is 1. The van der Waals surface area contributed by atoms with Gasteiger partial charge in [0.15, 0.2) is 0 Å². The van der Waals surface area contributed by atoms with Crippen molar-refractivity contribution in [2.45, 2.75) is 37.8 Å². The molecule has 0 spiro atoms. The first-order valence-corrected chi connectivity index (χ1v) is 7.95. The molecule has 0 aliphatic carbocycles. The lowest BCUT2D eigenvalue weighted by Gasteiger charge is -2.35. The van der Waals surface area contributed by atoms with Gasteiger partial charge in [0.1, 0.15) is 0 Å². The van der Waals surface area contributed by atoms with Gasteiger partial charge in [0.05, 0.1) is 11.2 Å². The maximum atomic E-state index is 6.05. The second kappa shape index (κ2) is 5.19. The van der Waals surface area contributed by atoms with Crippen LogP contribution in [0.4, 0.5) is 11.4 Å². The van der Waals surface area contributed by atoms with Crippen molar-refractivity contribution < 1.29 is 0 Å². The van der Waals surface area contributed by atoms with Crippen molar-refractivity contribution in [3.8, 4) is 0 Å². The summed E-state index contributed by atoms with van der Waals surface area (Å²) >= 11 is 0. The summed E-state index contributed by atoms with van der Waals surface area (Å²) in [5.41, 5.74) is 8.97. The molecule has 4 rings (SSSR count). The van der Waals surface area contributed by atoms with Gasteiger partial charge in [-0.3, -0.25) is 4.98 Å². The molecule has 1 aromatic carbocycles. The maximum absolute atomic E-state index is 6.05. The van der Waals surface area contributed by atoms with Crippen molar-refractivity contribution in [1.82, 2.24) is 9.88 Å². The molecule has 4 heteroatoms. The second-order valence-corrected chi connectivity index (χ2v) is 6.30. The molecule has 4 nitrogen and oxygen atoms in total. The molecule has 2 aliphatic heterocycles. The molecule has 0 radical (unpaired) electrons. The lowest BCUT2D eigenvalue weighted by molar-refractivity contribution is 0.188. The van der Waals surface area contributed by atoms with Crippen LogP contribution >= 0.6 is 0 Å². The number of anilines is 2. The molecular weight excluding hydrogens is 260 g/mol. The minimum atomic E-state index is 0.554. The molecule has 2 unspecified atom stereocenters. The van der Waals surface area contributed by atoms with Crippen LogP contribution in [0.15, 0.2) is 30.5 Å². The van der Waals surface area contributed by atoms with Crippen molar-refractivity contribution in [3.63, 3.8) is 0 Å². The van der Waals surface area contributed by atoms with Crippen LogP contribution in [0, 0.1) is 0 Å². The molecule has 2 aliphatic rings. The quantitative estimate of drug-likeness (QED) is 0.832. The van der Waals surface area contributed by atoms with Crippen molar-refractivity contribution >= 4 is 22.3 Å². The summed E-state index contributed by atoms with van der Waals surface area (Å²) < 4.78 is 0. The molecule has 2 saturated heterocycles. The fourth-order valence-corrected chi connectivity index (χ4v) is 3.89. The number of nitrogen functional groups attached to an aromatic ring is 1. The third-order valence-electron chi connectivity index (χ3n) is 4.98. The Balaban J connectivity index is 1.58. The van der Waals surface area contributed by atoms with Crippen molar-refractivity contribution in [2.75, 3.05) is 24.1 Å². The first-order valence-electron chi connectivity index (χ1n) is 7.95. The summed E-state index contributed by atoms with van der Waals surface area (Å²) in [7, 11) is 0. The number of piperidine rings is 1. The highest BCUT2D eigenvalue weighted by atomic mass is 15.2. The van der Waals surface area contributed by atoms with E-state index in [0.717, 1.165) is 28.3 Å². The molecule has 2 fully saturated rings. The van der Waals surface area contributed by atoms with Gasteiger partial charge in [-0.15, -0.1) is 0 Å². The van der Waals surface area contributed by atoms with Crippen LogP contribution in [0.1, 0.15) is 25.7 Å². The Morgan fingerprint density at radius 2 is 2.14 bits per heavy atom. The SMILES string of the molecule is Nc1ccc(NC2CCN3CCCC3C2)c2ncccc12. The lowest BCUT2D eigenvalue weighted by atomic mass is 9.97. The number of fused-ring (bicyclic) bond motifs is 2. The normalized spacial score (nSPS) is 25.9. The van der Waals surface area contributed by atoms with Crippen LogP contribution < -0.4 is 11.1 Å². The molecule has 3 N–H and O–H groups in total. The molecule has 2 aromatic rings. The largest absolute Gasteiger partial charge is 0.398 e. The Morgan fingerprint density at radius 3 is 3.10 bits per heavy atom. The molecule has 1 aromatic heterocycles. The van der Waals surface area contributed by atoms with E-state index in [1.54, 1.807) is 0 Å². The van der Waals surface area contributed by atoms with Gasteiger partial charge >= 0.3 is 0 Å². The number of rotatable bonds is 2. The summed E-state index contributed by atoms with van der Waals surface area (Å²) in [5.74, 6) is 0. The fourth-order valence-electron chi connectivity index (χ4n) is 3.89. The minimum Gasteiger partial charge on any atom is -0.398 e. The van der Waals surface area contributed by atoms with Crippen LogP contribution in [0.2, 0.25) is 0 Å². The fraction of sp³-hybridized carbons (Fsp3) is 0.471. The van der Waals surface area contributed by atoms with E-state index in [1.807, 2.05) is 24.4 Å². The Hall–Kier alpha value is -1.81. The molecule has 0 amide bonds. The monoisotopic (exact) mass is 282 g/mol. The Labute approximate surface area is 125 Å². The van der Waals surface area contributed by atoms with Crippen molar-refractivity contribution in [1.29, 1.82) is 0 Å². The van der Waals surface area contributed by atoms with Crippen LogP contribution in [-0.4, -0.2) is 35.1 Å². The Bertz CT molecular complexity index is 654. The number of hydrogen-bond donors (Lipinski definition) is 2. The van der Waals surface area contributed by atoms with Gasteiger partial charge in [0.2, 0.25) is 0 Å². The van der Waals surface area contributed by atoms with Gasteiger partial charge in [-0.25, -0.2) is 0 Å². The summed E-state index contributed by atoms with van der Waals surface area (Å²) in [6, 6.07) is 9.38. The summed E-state index contributed by atoms with van der Waals surface area (Å²) in [6.45, 7) is 2.52. The molecule has 2 atom stereocenters. The number of benzene rings is 1. The van der Waals surface area contributed by atoms with Gasteiger partial charge in [0, 0.05) is 35.9 Å². The zero-order chi connectivity index (χ0) is 14.2. The highest BCUT2D eigenvalue weighted by molar-refractivity contribution is 5.98. The van der Waals surface area contributed by atoms with Crippen LogP contribution in [0.25, 0.3) is 10.9 Å². The van der Waals surface area contributed by atoms with Gasteiger partial charge < -0.3 is 16.0 Å². The van der Waals surface area contributed by atoms with E-state index < -0.39 is 0 Å². The molecule has 3 heterocycles. The molecule has 21 heavy (non-hydrogen) atoms. The highest BCUT2D eigenvalue weighted by Crippen LogP contribution is 2.31. The van der Waals surface area contributed by atoms with E-state index in [-0.39, 0.29) is 0 Å². The lowest BCUT2D eigenvalue weighted by Crippen LogP contribution is -2.42. The molecule has 0 saturated carbocycles. The van der Waals surface area contributed by atoms with Gasteiger partial charge in [-0.1, -0.05) is 0 Å². The molecule has 0 bridgehead atoms. The zero-order valence-corrected chi connectivity index (χ0v) is 12.3. The summed E-state index contributed by atoms with van der Waals surface area (Å²) in [4.78, 5) is 7.17. The smallest absolute Gasteiger partial charge is 0.0953 e. The van der Waals surface area contributed by atoms with E-state index in [1.165, 1.54) is 38.8 Å². The topological polar surface area (TPSA) is 54.2 Å². The Kier molecular flexibility index (Phi) is 3.19. The Morgan fingerprint density at radius 1 is 1.19 bits per heavy atom. The van der Waals surface area contributed by atoms with Crippen LogP contribution in [-0.2, 0) is 0 Å². The van der Waals surface area contributed by atoms with Crippen molar-refractivity contribution in [2.24, 2.45) is 0 Å². The second-order valence-electron chi connectivity index (χ2n) is 6.30. The standard InChI is InChI=1S/C17H22N4/c18-15-5-6-16(17-14(15)4-1-8-19-17)20-12-7-10-21-9-2-3-13(21)11-12/h1,4-6,8,12-13,20H,2-3,7,9-11,18H2. The number of aromatic nitrogens is 1. The van der Waals surface area contributed by atoms with E-state index >= 15 is 0 Å². The average molecular weight is 282 g/mol. The molecular formula is C17H22N4. The van der Waals surface area contributed by atoms with E-state index in [4.69, 9.17) is 5.73 Å². The highest BCUT2D eigenvalue weighted by Gasteiger charge is 2.31. The van der Waals surface area contributed by atoms with Gasteiger partial charge in [-0.2, -0.15) is 0 Å². The number of pyridine rings is 1.